The molecule has 1 amide bonds. The van der Waals surface area contributed by atoms with Gasteiger partial charge in [0.2, 0.25) is 0 Å². The molecule has 0 bridgehead atoms. The van der Waals surface area contributed by atoms with E-state index in [4.69, 9.17) is 22.1 Å². The van der Waals surface area contributed by atoms with Crippen molar-refractivity contribution in [3.8, 4) is 5.75 Å². The molecular weight excluding hydrogens is 356 g/mol. The third kappa shape index (κ3) is 4.46. The Hall–Kier alpha value is -1.56. The quantitative estimate of drug-likeness (QED) is 0.846. The molecule has 2 aromatic carbocycles. The first kappa shape index (κ1) is 15.8. The number of ether oxygens (including phenoxy) is 1. The second-order valence-corrected chi connectivity index (χ2v) is 5.55. The van der Waals surface area contributed by atoms with Gasteiger partial charge in [-0.25, -0.2) is 0 Å². The number of carbonyl (C=O) groups is 1. The Kier molecular flexibility index (Phi) is 5.61. The first-order chi connectivity index (χ1) is 10.1. The molecule has 0 atom stereocenters. The van der Waals surface area contributed by atoms with Gasteiger partial charge >= 0.3 is 0 Å². The maximum Gasteiger partial charge on any atom is 0.262 e. The van der Waals surface area contributed by atoms with E-state index in [1.165, 1.54) is 0 Å². The van der Waals surface area contributed by atoms with Gasteiger partial charge in [-0.05, 0) is 45.8 Å². The predicted molar refractivity (Wildman–Crippen MR) is 87.6 cm³/mol. The molecule has 110 valence electrons. The fourth-order valence-electron chi connectivity index (χ4n) is 1.68. The van der Waals surface area contributed by atoms with Gasteiger partial charge in [-0.3, -0.25) is 4.79 Å². The summed E-state index contributed by atoms with van der Waals surface area (Å²) in [5.74, 6) is 0.192. The van der Waals surface area contributed by atoms with E-state index in [0.717, 1.165) is 10.0 Å². The van der Waals surface area contributed by atoms with Crippen molar-refractivity contribution >= 4 is 39.1 Å². The second-order valence-electron chi connectivity index (χ2n) is 4.29. The Bertz CT molecular complexity index is 649. The third-order valence-corrected chi connectivity index (χ3v) is 3.73. The van der Waals surface area contributed by atoms with E-state index in [9.17, 15) is 4.79 Å². The van der Waals surface area contributed by atoms with Crippen LogP contribution in [-0.2, 0) is 11.3 Å². The van der Waals surface area contributed by atoms with Crippen molar-refractivity contribution in [2.45, 2.75) is 6.54 Å². The molecule has 0 aliphatic heterocycles. The second kappa shape index (κ2) is 7.45. The number of rotatable bonds is 5. The van der Waals surface area contributed by atoms with Crippen LogP contribution < -0.4 is 15.8 Å². The lowest BCUT2D eigenvalue weighted by Crippen LogP contribution is -2.20. The van der Waals surface area contributed by atoms with Crippen LogP contribution >= 0.6 is 27.5 Å². The minimum absolute atomic E-state index is 0.122. The zero-order valence-electron chi connectivity index (χ0n) is 11.1. The number of nitrogens with two attached hydrogens (primary N) is 1. The van der Waals surface area contributed by atoms with Crippen LogP contribution in [0.3, 0.4) is 0 Å². The molecule has 0 aliphatic rings. The highest BCUT2D eigenvalue weighted by atomic mass is 79.9. The van der Waals surface area contributed by atoms with Gasteiger partial charge in [0.1, 0.15) is 5.75 Å². The van der Waals surface area contributed by atoms with Crippen LogP contribution in [-0.4, -0.2) is 12.5 Å². The van der Waals surface area contributed by atoms with E-state index in [0.29, 0.717) is 23.0 Å². The van der Waals surface area contributed by atoms with E-state index in [-0.39, 0.29) is 12.5 Å². The number of para-hydroxylation sites is 1. The summed E-state index contributed by atoms with van der Waals surface area (Å²) in [6.07, 6.45) is 0. The lowest BCUT2D eigenvalue weighted by Gasteiger charge is -2.10. The minimum atomic E-state index is -0.263. The number of halogens is 2. The van der Waals surface area contributed by atoms with Gasteiger partial charge in [0.05, 0.1) is 10.7 Å². The average Bonchev–Trinajstić information content (AvgIpc) is 2.48. The standard InChI is InChI=1S/C15H14BrClN2O2/c16-11-3-1-2-4-13(11)19-15(20)9-21-14-6-5-10(8-18)7-12(14)17/h1-7H,8-9,18H2,(H,19,20). The highest BCUT2D eigenvalue weighted by Crippen LogP contribution is 2.25. The SMILES string of the molecule is NCc1ccc(OCC(=O)Nc2ccccc2Br)c(Cl)c1. The Balaban J connectivity index is 1.94. The molecule has 4 nitrogen and oxygen atoms in total. The predicted octanol–water partition coefficient (Wildman–Crippen LogP) is 3.58. The van der Waals surface area contributed by atoms with Crippen LogP contribution in [0.1, 0.15) is 5.56 Å². The van der Waals surface area contributed by atoms with Crippen LogP contribution in [0.15, 0.2) is 46.9 Å². The number of hydrogen-bond donors (Lipinski definition) is 2. The van der Waals surface area contributed by atoms with Gasteiger partial charge in [-0.1, -0.05) is 29.8 Å². The normalized spacial score (nSPS) is 10.2. The first-order valence-electron chi connectivity index (χ1n) is 6.26. The highest BCUT2D eigenvalue weighted by molar-refractivity contribution is 9.10. The van der Waals surface area contributed by atoms with Crippen molar-refractivity contribution in [2.75, 3.05) is 11.9 Å². The van der Waals surface area contributed by atoms with Crippen LogP contribution in [0.2, 0.25) is 5.02 Å². The summed E-state index contributed by atoms with van der Waals surface area (Å²) < 4.78 is 6.22. The van der Waals surface area contributed by atoms with Gasteiger partial charge < -0.3 is 15.8 Å². The molecule has 6 heteroatoms. The minimum Gasteiger partial charge on any atom is -0.482 e. The number of amides is 1. The molecular formula is C15H14BrClN2O2. The van der Waals surface area contributed by atoms with E-state index in [1.54, 1.807) is 18.2 Å². The zero-order chi connectivity index (χ0) is 15.2. The summed E-state index contributed by atoms with van der Waals surface area (Å²) >= 11 is 9.42. The molecule has 0 radical (unpaired) electrons. The van der Waals surface area contributed by atoms with Crippen LogP contribution in [0, 0.1) is 0 Å². The number of nitrogens with one attached hydrogen (secondary N) is 1. The van der Waals surface area contributed by atoms with E-state index < -0.39 is 0 Å². The third-order valence-electron chi connectivity index (χ3n) is 2.74. The molecule has 2 rings (SSSR count). The molecule has 0 aromatic heterocycles. The zero-order valence-corrected chi connectivity index (χ0v) is 13.4. The molecule has 3 N–H and O–H groups in total. The molecule has 0 spiro atoms. The van der Waals surface area contributed by atoms with Crippen LogP contribution in [0.5, 0.6) is 5.75 Å². The summed E-state index contributed by atoms with van der Waals surface area (Å²) in [4.78, 5) is 11.9. The van der Waals surface area contributed by atoms with Gasteiger partial charge in [0, 0.05) is 11.0 Å². The fourth-order valence-corrected chi connectivity index (χ4v) is 2.32. The molecule has 0 aliphatic carbocycles. The van der Waals surface area contributed by atoms with Gasteiger partial charge in [-0.2, -0.15) is 0 Å². The number of anilines is 1. The molecule has 0 unspecified atom stereocenters. The summed E-state index contributed by atoms with van der Waals surface area (Å²) in [6, 6.07) is 12.6. The summed E-state index contributed by atoms with van der Waals surface area (Å²) in [7, 11) is 0. The van der Waals surface area contributed by atoms with E-state index >= 15 is 0 Å². The van der Waals surface area contributed by atoms with Crippen molar-refractivity contribution in [3.63, 3.8) is 0 Å². The Labute approximate surface area is 136 Å². The lowest BCUT2D eigenvalue weighted by molar-refractivity contribution is -0.118. The van der Waals surface area contributed by atoms with Gasteiger partial charge in [-0.15, -0.1) is 0 Å². The van der Waals surface area contributed by atoms with Gasteiger partial charge in [0.15, 0.2) is 6.61 Å². The Morgan fingerprint density at radius 2 is 2.05 bits per heavy atom. The van der Waals surface area contributed by atoms with Crippen molar-refractivity contribution in [3.05, 3.63) is 57.5 Å². The number of benzene rings is 2. The number of carbonyl (C=O) groups excluding carboxylic acids is 1. The Morgan fingerprint density at radius 3 is 2.71 bits per heavy atom. The molecule has 0 saturated carbocycles. The summed E-state index contributed by atoms with van der Waals surface area (Å²) in [5, 5.41) is 3.19. The molecule has 0 saturated heterocycles. The average molecular weight is 370 g/mol. The highest BCUT2D eigenvalue weighted by Gasteiger charge is 2.08. The monoisotopic (exact) mass is 368 g/mol. The van der Waals surface area contributed by atoms with E-state index in [1.807, 2.05) is 24.3 Å². The molecule has 21 heavy (non-hydrogen) atoms. The summed E-state index contributed by atoms with van der Waals surface area (Å²) in [5.41, 5.74) is 7.12. The topological polar surface area (TPSA) is 64.3 Å². The van der Waals surface area contributed by atoms with Crippen molar-refractivity contribution in [1.82, 2.24) is 0 Å². The van der Waals surface area contributed by atoms with Crippen LogP contribution in [0.25, 0.3) is 0 Å². The largest absolute Gasteiger partial charge is 0.482 e. The summed E-state index contributed by atoms with van der Waals surface area (Å²) in [6.45, 7) is 0.283. The fraction of sp³-hybridized carbons (Fsp3) is 0.133. The van der Waals surface area contributed by atoms with Gasteiger partial charge in [0.25, 0.3) is 5.91 Å². The molecule has 2 aromatic rings. The molecule has 0 fully saturated rings. The number of hydrogen-bond acceptors (Lipinski definition) is 3. The maximum atomic E-state index is 11.9. The Morgan fingerprint density at radius 1 is 1.29 bits per heavy atom. The van der Waals surface area contributed by atoms with Crippen molar-refractivity contribution in [2.24, 2.45) is 5.73 Å². The molecule has 0 heterocycles. The maximum absolute atomic E-state index is 11.9. The van der Waals surface area contributed by atoms with Crippen LogP contribution in [0.4, 0.5) is 5.69 Å². The van der Waals surface area contributed by atoms with Crippen molar-refractivity contribution < 1.29 is 9.53 Å². The van der Waals surface area contributed by atoms with Crippen molar-refractivity contribution in [1.29, 1.82) is 0 Å². The first-order valence-corrected chi connectivity index (χ1v) is 7.43. The van der Waals surface area contributed by atoms with E-state index in [2.05, 4.69) is 21.2 Å². The smallest absolute Gasteiger partial charge is 0.262 e. The lowest BCUT2D eigenvalue weighted by atomic mass is 10.2.